The van der Waals surface area contributed by atoms with E-state index in [1.807, 2.05) is 0 Å². The fourth-order valence-electron chi connectivity index (χ4n) is 1.84. The number of nitrogens with one attached hydrogen (secondary N) is 1. The lowest BCUT2D eigenvalue weighted by atomic mass is 9.88. The Morgan fingerprint density at radius 2 is 2.05 bits per heavy atom. The summed E-state index contributed by atoms with van der Waals surface area (Å²) in [7, 11) is 1.49. The van der Waals surface area contributed by atoms with Crippen LogP contribution in [-0.4, -0.2) is 60.6 Å². The SMILES string of the molecule is CNC(=O)C1COCCN1C(=O)CC(C)(C)C(=O)O. The zero-order valence-corrected chi connectivity index (χ0v) is 11.4. The minimum absolute atomic E-state index is 0.138. The van der Waals surface area contributed by atoms with E-state index in [0.29, 0.717) is 13.2 Å². The third-order valence-corrected chi connectivity index (χ3v) is 3.17. The summed E-state index contributed by atoms with van der Waals surface area (Å²) in [5, 5.41) is 11.5. The number of hydrogen-bond donors (Lipinski definition) is 2. The van der Waals surface area contributed by atoms with Gasteiger partial charge in [0.15, 0.2) is 0 Å². The van der Waals surface area contributed by atoms with Crippen LogP contribution in [0.25, 0.3) is 0 Å². The molecule has 0 aliphatic carbocycles. The number of carbonyl (C=O) groups is 3. The monoisotopic (exact) mass is 272 g/mol. The van der Waals surface area contributed by atoms with E-state index in [1.165, 1.54) is 25.8 Å². The fraction of sp³-hybridized carbons (Fsp3) is 0.750. The summed E-state index contributed by atoms with van der Waals surface area (Å²) >= 11 is 0. The number of morpholine rings is 1. The van der Waals surface area contributed by atoms with Gasteiger partial charge in [0.2, 0.25) is 11.8 Å². The minimum atomic E-state index is -1.15. The summed E-state index contributed by atoms with van der Waals surface area (Å²) in [6, 6.07) is -0.684. The molecule has 1 aliphatic rings. The Bertz CT molecular complexity index is 380. The molecular weight excluding hydrogens is 252 g/mol. The van der Waals surface area contributed by atoms with Crippen molar-refractivity contribution in [2.45, 2.75) is 26.3 Å². The van der Waals surface area contributed by atoms with Gasteiger partial charge in [-0.1, -0.05) is 0 Å². The molecule has 1 heterocycles. The van der Waals surface area contributed by atoms with Crippen molar-refractivity contribution >= 4 is 17.8 Å². The molecule has 108 valence electrons. The standard InChI is InChI=1S/C12H20N2O5/c1-12(2,11(17)18)6-9(15)14-4-5-19-7-8(14)10(16)13-3/h8H,4-7H2,1-3H3,(H,13,16)(H,17,18). The Kier molecular flexibility index (Phi) is 4.88. The number of likely N-dealkylation sites (N-methyl/N-ethyl adjacent to an activating group) is 1. The normalized spacial score (nSPS) is 19.9. The summed E-state index contributed by atoms with van der Waals surface area (Å²) < 4.78 is 5.19. The highest BCUT2D eigenvalue weighted by Crippen LogP contribution is 2.23. The lowest BCUT2D eigenvalue weighted by molar-refractivity contribution is -0.156. The number of carboxylic acids is 1. The molecule has 19 heavy (non-hydrogen) atoms. The van der Waals surface area contributed by atoms with E-state index in [9.17, 15) is 14.4 Å². The van der Waals surface area contributed by atoms with Gasteiger partial charge in [-0.15, -0.1) is 0 Å². The average Bonchev–Trinajstić information content (AvgIpc) is 2.37. The summed E-state index contributed by atoms with van der Waals surface area (Å²) in [6.07, 6.45) is -0.143. The Balaban J connectivity index is 2.78. The number of aliphatic carboxylic acids is 1. The van der Waals surface area contributed by atoms with Crippen LogP contribution in [0.2, 0.25) is 0 Å². The highest BCUT2D eigenvalue weighted by atomic mass is 16.5. The first kappa shape index (κ1) is 15.4. The summed E-state index contributed by atoms with van der Waals surface area (Å²) in [5.41, 5.74) is -1.15. The van der Waals surface area contributed by atoms with Crippen LogP contribution >= 0.6 is 0 Å². The van der Waals surface area contributed by atoms with Gasteiger partial charge in [-0.25, -0.2) is 0 Å². The zero-order valence-electron chi connectivity index (χ0n) is 11.4. The molecule has 2 amide bonds. The molecule has 1 aliphatic heterocycles. The van der Waals surface area contributed by atoms with Crippen molar-refractivity contribution in [3.05, 3.63) is 0 Å². The average molecular weight is 272 g/mol. The molecule has 1 fully saturated rings. The van der Waals surface area contributed by atoms with Gasteiger partial charge in [0.1, 0.15) is 6.04 Å². The van der Waals surface area contributed by atoms with Crippen molar-refractivity contribution in [1.29, 1.82) is 0 Å². The van der Waals surface area contributed by atoms with Crippen molar-refractivity contribution in [2.24, 2.45) is 5.41 Å². The first-order chi connectivity index (χ1) is 8.79. The van der Waals surface area contributed by atoms with Gasteiger partial charge in [-0.3, -0.25) is 14.4 Å². The summed E-state index contributed by atoms with van der Waals surface area (Å²) in [4.78, 5) is 36.3. The number of carbonyl (C=O) groups excluding carboxylic acids is 2. The number of amides is 2. The molecule has 0 bridgehead atoms. The van der Waals surface area contributed by atoms with Crippen LogP contribution in [0.4, 0.5) is 0 Å². The lowest BCUT2D eigenvalue weighted by Gasteiger charge is -2.35. The van der Waals surface area contributed by atoms with Gasteiger partial charge >= 0.3 is 5.97 Å². The van der Waals surface area contributed by atoms with Crippen molar-refractivity contribution in [2.75, 3.05) is 26.8 Å². The van der Waals surface area contributed by atoms with Gasteiger partial charge < -0.3 is 20.1 Å². The summed E-state index contributed by atoms with van der Waals surface area (Å²) in [6.45, 7) is 3.77. The van der Waals surface area contributed by atoms with Gasteiger partial charge in [0, 0.05) is 20.0 Å². The predicted molar refractivity (Wildman–Crippen MR) is 66.4 cm³/mol. The van der Waals surface area contributed by atoms with Crippen molar-refractivity contribution < 1.29 is 24.2 Å². The number of rotatable bonds is 4. The van der Waals surface area contributed by atoms with Crippen LogP contribution in [0.5, 0.6) is 0 Å². The van der Waals surface area contributed by atoms with E-state index < -0.39 is 17.4 Å². The molecule has 0 saturated carbocycles. The van der Waals surface area contributed by atoms with Crippen LogP contribution in [-0.2, 0) is 19.1 Å². The predicted octanol–water partition coefficient (Wildman–Crippen LogP) is -0.539. The number of ether oxygens (including phenoxy) is 1. The highest BCUT2D eigenvalue weighted by molar-refractivity contribution is 5.90. The maximum atomic E-state index is 12.2. The van der Waals surface area contributed by atoms with Crippen molar-refractivity contribution in [1.82, 2.24) is 10.2 Å². The Morgan fingerprint density at radius 3 is 2.58 bits per heavy atom. The van der Waals surface area contributed by atoms with E-state index in [1.54, 1.807) is 0 Å². The smallest absolute Gasteiger partial charge is 0.309 e. The molecule has 0 radical (unpaired) electrons. The number of nitrogens with zero attached hydrogens (tertiary/aromatic N) is 1. The van der Waals surface area contributed by atoms with Crippen LogP contribution in [0.3, 0.4) is 0 Å². The molecule has 1 saturated heterocycles. The van der Waals surface area contributed by atoms with Crippen LogP contribution in [0, 0.1) is 5.41 Å². The molecule has 0 aromatic heterocycles. The molecule has 1 rings (SSSR count). The second kappa shape index (κ2) is 6.01. The maximum Gasteiger partial charge on any atom is 0.309 e. The van der Waals surface area contributed by atoms with Crippen molar-refractivity contribution in [3.63, 3.8) is 0 Å². The van der Waals surface area contributed by atoms with Crippen LogP contribution in [0.1, 0.15) is 20.3 Å². The first-order valence-corrected chi connectivity index (χ1v) is 6.12. The highest BCUT2D eigenvalue weighted by Gasteiger charge is 2.37. The molecular formula is C12H20N2O5. The second-order valence-corrected chi connectivity index (χ2v) is 5.16. The molecule has 1 unspecified atom stereocenters. The quantitative estimate of drug-likeness (QED) is 0.716. The molecule has 2 N–H and O–H groups in total. The Labute approximate surface area is 111 Å². The van der Waals surface area contributed by atoms with Gasteiger partial charge in [0.25, 0.3) is 0 Å². The topological polar surface area (TPSA) is 95.9 Å². The number of carboxylic acid groups (broad SMARTS) is 1. The van der Waals surface area contributed by atoms with E-state index in [0.717, 1.165) is 0 Å². The lowest BCUT2D eigenvalue weighted by Crippen LogP contribution is -2.56. The van der Waals surface area contributed by atoms with Crippen molar-refractivity contribution in [3.8, 4) is 0 Å². The largest absolute Gasteiger partial charge is 0.481 e. The number of hydrogen-bond acceptors (Lipinski definition) is 4. The first-order valence-electron chi connectivity index (χ1n) is 6.12. The molecule has 7 nitrogen and oxygen atoms in total. The second-order valence-electron chi connectivity index (χ2n) is 5.16. The molecule has 7 heteroatoms. The van der Waals surface area contributed by atoms with Crippen LogP contribution < -0.4 is 5.32 Å². The molecule has 0 spiro atoms. The molecule has 0 aromatic rings. The van der Waals surface area contributed by atoms with Gasteiger partial charge in [-0.2, -0.15) is 0 Å². The minimum Gasteiger partial charge on any atom is -0.481 e. The van der Waals surface area contributed by atoms with E-state index in [-0.39, 0.29) is 24.8 Å². The van der Waals surface area contributed by atoms with Gasteiger partial charge in [-0.05, 0) is 13.8 Å². The van der Waals surface area contributed by atoms with Crippen LogP contribution in [0.15, 0.2) is 0 Å². The third kappa shape index (κ3) is 3.66. The third-order valence-electron chi connectivity index (χ3n) is 3.17. The van der Waals surface area contributed by atoms with E-state index in [4.69, 9.17) is 9.84 Å². The maximum absolute atomic E-state index is 12.2. The van der Waals surface area contributed by atoms with E-state index in [2.05, 4.69) is 5.32 Å². The van der Waals surface area contributed by atoms with Gasteiger partial charge in [0.05, 0.1) is 18.6 Å². The van der Waals surface area contributed by atoms with E-state index >= 15 is 0 Å². The molecule has 1 atom stereocenters. The molecule has 0 aromatic carbocycles. The zero-order chi connectivity index (χ0) is 14.6. The fourth-order valence-corrected chi connectivity index (χ4v) is 1.84. The summed E-state index contributed by atoms with van der Waals surface area (Å²) in [5.74, 6) is -1.68. The Hall–Kier alpha value is -1.63. The Morgan fingerprint density at radius 1 is 1.42 bits per heavy atom.